The van der Waals surface area contributed by atoms with E-state index in [9.17, 15) is 14.9 Å². The van der Waals surface area contributed by atoms with Crippen molar-refractivity contribution in [1.29, 1.82) is 5.26 Å². The number of aryl methyl sites for hydroxylation is 1. The monoisotopic (exact) mass is 604 g/mol. The highest BCUT2D eigenvalue weighted by Crippen LogP contribution is 2.49. The summed E-state index contributed by atoms with van der Waals surface area (Å²) in [6, 6.07) is 7.23. The van der Waals surface area contributed by atoms with Gasteiger partial charge in [-0.15, -0.1) is 20.4 Å². The summed E-state index contributed by atoms with van der Waals surface area (Å²) in [5, 5.41) is 31.3. The highest BCUT2D eigenvalue weighted by Gasteiger charge is 2.42. The summed E-state index contributed by atoms with van der Waals surface area (Å²) < 4.78 is 0.524. The Kier molecular flexibility index (Phi) is 7.69. The van der Waals surface area contributed by atoms with Crippen LogP contribution < -0.4 is 16.0 Å². The van der Waals surface area contributed by atoms with Crippen molar-refractivity contribution < 1.29 is 9.59 Å². The van der Waals surface area contributed by atoms with E-state index >= 15 is 0 Å². The van der Waals surface area contributed by atoms with Crippen LogP contribution in [-0.2, 0) is 9.59 Å². The second kappa shape index (κ2) is 11.0. The fraction of sp³-hybridized carbons (Fsp3) is 0.261. The van der Waals surface area contributed by atoms with Crippen molar-refractivity contribution in [3.8, 4) is 6.07 Å². The van der Waals surface area contributed by atoms with Crippen LogP contribution in [0.2, 0.25) is 10.0 Å². The van der Waals surface area contributed by atoms with Crippen molar-refractivity contribution >= 4 is 79.6 Å². The topological polar surface area (TPSA) is 151 Å². The van der Waals surface area contributed by atoms with Gasteiger partial charge in [-0.05, 0) is 31.9 Å². The first-order valence-electron chi connectivity index (χ1n) is 11.2. The highest BCUT2D eigenvalue weighted by atomic mass is 35.5. The van der Waals surface area contributed by atoms with Gasteiger partial charge in [0.05, 0.1) is 23.3 Å². The van der Waals surface area contributed by atoms with Gasteiger partial charge in [-0.3, -0.25) is 19.8 Å². The van der Waals surface area contributed by atoms with Gasteiger partial charge in [0.15, 0.2) is 10.1 Å². The number of ketones is 1. The van der Waals surface area contributed by atoms with Gasteiger partial charge in [-0.1, -0.05) is 63.7 Å². The number of rotatable bonds is 6. The lowest BCUT2D eigenvalue weighted by molar-refractivity contribution is -0.116. The largest absolute Gasteiger partial charge is 0.384 e. The second-order valence-corrected chi connectivity index (χ2v) is 12.4. The van der Waals surface area contributed by atoms with Crippen molar-refractivity contribution in [1.82, 2.24) is 20.4 Å². The Hall–Kier alpha value is -3.02. The number of carbonyl (C=O) groups is 2. The zero-order valence-electron chi connectivity index (χ0n) is 19.7. The van der Waals surface area contributed by atoms with Gasteiger partial charge >= 0.3 is 0 Å². The molecule has 3 N–H and O–H groups in total. The molecule has 194 valence electrons. The number of benzene rings is 1. The van der Waals surface area contributed by atoms with Crippen LogP contribution in [0.4, 0.5) is 10.3 Å². The molecule has 3 aromatic rings. The van der Waals surface area contributed by atoms with Gasteiger partial charge < -0.3 is 5.73 Å². The predicted octanol–water partition coefficient (Wildman–Crippen LogP) is 5.04. The summed E-state index contributed by atoms with van der Waals surface area (Å²) in [6.45, 7) is 1.80. The molecule has 0 spiro atoms. The van der Waals surface area contributed by atoms with E-state index in [0.717, 1.165) is 5.01 Å². The lowest BCUT2D eigenvalue weighted by Gasteiger charge is -2.38. The number of nitrogens with two attached hydrogens (primary N) is 1. The van der Waals surface area contributed by atoms with E-state index in [1.165, 1.54) is 34.4 Å². The van der Waals surface area contributed by atoms with Crippen molar-refractivity contribution in [2.24, 2.45) is 5.73 Å². The molecule has 38 heavy (non-hydrogen) atoms. The normalized spacial score (nSPS) is 17.5. The number of hydrogen-bond acceptors (Lipinski definition) is 12. The number of thioether (sulfide) groups is 1. The highest BCUT2D eigenvalue weighted by molar-refractivity contribution is 8.01. The van der Waals surface area contributed by atoms with E-state index in [1.54, 1.807) is 30.0 Å². The lowest BCUT2D eigenvalue weighted by atomic mass is 9.75. The van der Waals surface area contributed by atoms with Crippen LogP contribution in [-0.4, -0.2) is 37.8 Å². The number of amides is 1. The Labute approximate surface area is 239 Å². The van der Waals surface area contributed by atoms with Crippen LogP contribution in [0.25, 0.3) is 0 Å². The Balaban J connectivity index is 1.47. The summed E-state index contributed by atoms with van der Waals surface area (Å²) >= 11 is 16.7. The molecule has 0 saturated heterocycles. The molecule has 1 aliphatic carbocycles. The first-order valence-corrected chi connectivity index (χ1v) is 14.6. The molecule has 0 saturated carbocycles. The van der Waals surface area contributed by atoms with Gasteiger partial charge in [0.2, 0.25) is 16.2 Å². The average molecular weight is 606 g/mol. The fourth-order valence-corrected chi connectivity index (χ4v) is 7.27. The van der Waals surface area contributed by atoms with E-state index in [-0.39, 0.29) is 28.8 Å². The third-order valence-corrected chi connectivity index (χ3v) is 9.34. The van der Waals surface area contributed by atoms with Crippen LogP contribution in [0.5, 0.6) is 0 Å². The van der Waals surface area contributed by atoms with Crippen molar-refractivity contribution in [2.45, 2.75) is 36.4 Å². The molecule has 0 bridgehead atoms. The first-order chi connectivity index (χ1) is 18.3. The van der Waals surface area contributed by atoms with Crippen LogP contribution in [0, 0.1) is 18.3 Å². The molecular formula is C23H18Cl2N8O2S3. The molecule has 0 fully saturated rings. The van der Waals surface area contributed by atoms with E-state index < -0.39 is 5.92 Å². The molecule has 1 amide bonds. The average Bonchev–Trinajstić information content (AvgIpc) is 3.51. The molecular weight excluding hydrogens is 587 g/mol. The molecule has 10 nitrogen and oxygen atoms in total. The lowest BCUT2D eigenvalue weighted by Crippen LogP contribution is -2.38. The van der Waals surface area contributed by atoms with E-state index in [4.69, 9.17) is 28.9 Å². The second-order valence-electron chi connectivity index (χ2n) is 8.27. The number of anilines is 2. The summed E-state index contributed by atoms with van der Waals surface area (Å²) in [7, 11) is 0. The Bertz CT molecular complexity index is 1540. The molecule has 3 heterocycles. The third kappa shape index (κ3) is 5.02. The van der Waals surface area contributed by atoms with Gasteiger partial charge in [0.1, 0.15) is 10.8 Å². The van der Waals surface area contributed by atoms with E-state index in [1.807, 2.05) is 0 Å². The van der Waals surface area contributed by atoms with Gasteiger partial charge in [-0.25, -0.2) is 0 Å². The first kappa shape index (κ1) is 26.6. The molecule has 2 aliphatic rings. The zero-order valence-corrected chi connectivity index (χ0v) is 23.7. The van der Waals surface area contributed by atoms with Gasteiger partial charge in [0, 0.05) is 33.3 Å². The molecule has 1 aromatic carbocycles. The molecule has 1 atom stereocenters. The van der Waals surface area contributed by atoms with Gasteiger partial charge in [-0.2, -0.15) is 5.26 Å². The Morgan fingerprint density at radius 3 is 2.68 bits per heavy atom. The molecule has 1 aliphatic heterocycles. The zero-order chi connectivity index (χ0) is 27.0. The number of nitrogens with zero attached hydrogens (tertiary/aromatic N) is 6. The number of Topliss-reactive ketones (excluding diaryl/α,β-unsaturated/α-hetero) is 1. The molecule has 1 unspecified atom stereocenters. The summed E-state index contributed by atoms with van der Waals surface area (Å²) in [5.41, 5.74) is 8.29. The van der Waals surface area contributed by atoms with Crippen molar-refractivity contribution in [3.63, 3.8) is 0 Å². The molecule has 5 rings (SSSR count). The number of nitriles is 1. The quantitative estimate of drug-likeness (QED) is 0.366. The Morgan fingerprint density at radius 2 is 2.00 bits per heavy atom. The number of carbonyl (C=O) groups excluding carboxylic acids is 2. The number of allylic oxidation sites excluding steroid dienone is 3. The summed E-state index contributed by atoms with van der Waals surface area (Å²) in [6.07, 6.45) is 1.51. The molecule has 0 radical (unpaired) electrons. The summed E-state index contributed by atoms with van der Waals surface area (Å²) in [4.78, 5) is 27.2. The number of nitrogens with one attached hydrogen (secondary N) is 1. The van der Waals surface area contributed by atoms with Crippen LogP contribution in [0.3, 0.4) is 0 Å². The SMILES string of the molecule is Cc1nnc(NC(=O)CSc2nnc(N3C(N)=C(C#N)C(c4c(Cl)cccc4Cl)C4=C3CCCC4=O)s2)s1. The van der Waals surface area contributed by atoms with Crippen LogP contribution in [0.1, 0.15) is 35.8 Å². The molecule has 2 aromatic heterocycles. The van der Waals surface area contributed by atoms with Crippen LogP contribution >= 0.6 is 57.6 Å². The fourth-order valence-electron chi connectivity index (χ4n) is 4.36. The van der Waals surface area contributed by atoms with Crippen LogP contribution in [0.15, 0.2) is 45.2 Å². The maximum atomic E-state index is 13.3. The van der Waals surface area contributed by atoms with Crippen molar-refractivity contribution in [3.05, 3.63) is 61.5 Å². The smallest absolute Gasteiger partial charge is 0.236 e. The standard InChI is InChI=1S/C23H18Cl2N8O2S3/c1-10-29-30-21(37-10)28-16(35)9-36-23-32-31-22(38-23)33-14-6-3-7-15(34)19(14)17(11(8-26)20(33)27)18-12(24)4-2-5-13(18)25/h2,4-5,17H,3,6-7,9,27H2,1H3,(H,28,30,35). The predicted molar refractivity (Wildman–Crippen MR) is 148 cm³/mol. The minimum Gasteiger partial charge on any atom is -0.384 e. The minimum absolute atomic E-state index is 0.0849. The van der Waals surface area contributed by atoms with E-state index in [0.29, 0.717) is 60.7 Å². The third-order valence-electron chi connectivity index (χ3n) is 5.89. The maximum absolute atomic E-state index is 13.3. The number of aromatic nitrogens is 4. The number of halogens is 2. The number of hydrogen-bond donors (Lipinski definition) is 2. The minimum atomic E-state index is -0.783. The summed E-state index contributed by atoms with van der Waals surface area (Å²) in [5.74, 6) is -0.912. The van der Waals surface area contributed by atoms with E-state index in [2.05, 4.69) is 31.8 Å². The van der Waals surface area contributed by atoms with Gasteiger partial charge in [0.25, 0.3) is 0 Å². The van der Waals surface area contributed by atoms with Crippen molar-refractivity contribution in [2.75, 3.05) is 16.0 Å². The Morgan fingerprint density at radius 1 is 1.24 bits per heavy atom. The molecule has 15 heteroatoms. The maximum Gasteiger partial charge on any atom is 0.236 e.